The summed E-state index contributed by atoms with van der Waals surface area (Å²) in [6, 6.07) is 4.91. The van der Waals surface area contributed by atoms with Gasteiger partial charge in [-0.2, -0.15) is 0 Å². The molecule has 0 aromatic carbocycles. The molecular formula is C18H28FN3O2. The lowest BCUT2D eigenvalue weighted by Crippen LogP contribution is -2.33. The molecule has 1 fully saturated rings. The van der Waals surface area contributed by atoms with Crippen molar-refractivity contribution in [1.82, 2.24) is 14.8 Å². The highest BCUT2D eigenvalue weighted by atomic mass is 19.1. The maximum atomic E-state index is 14.0. The van der Waals surface area contributed by atoms with Crippen LogP contribution >= 0.6 is 0 Å². The number of likely N-dealkylation sites (N-methyl/N-ethyl adjacent to an activating group) is 1. The summed E-state index contributed by atoms with van der Waals surface area (Å²) >= 11 is 0. The standard InChI is InChI=1S/C11H13FN2O.C7H15NO/c12-11(9-4-1-2-6-13-9)10-5-3-7-14(10)8-15;1-6(2)7(5-9)8(3)4/h1-2,4,6,8,10-11H,3,5,7H2;5-7H,1-4H3. The van der Waals surface area contributed by atoms with Crippen molar-refractivity contribution in [2.75, 3.05) is 20.6 Å². The van der Waals surface area contributed by atoms with Crippen molar-refractivity contribution >= 4 is 12.7 Å². The Morgan fingerprint density at radius 3 is 2.46 bits per heavy atom. The van der Waals surface area contributed by atoms with E-state index in [1.165, 1.54) is 4.90 Å². The summed E-state index contributed by atoms with van der Waals surface area (Å²) in [6.07, 6.45) is 3.71. The lowest BCUT2D eigenvalue weighted by molar-refractivity contribution is -0.120. The lowest BCUT2D eigenvalue weighted by Gasteiger charge is -2.22. The van der Waals surface area contributed by atoms with E-state index >= 15 is 0 Å². The number of carbonyl (C=O) groups excluding carboxylic acids is 2. The van der Waals surface area contributed by atoms with Gasteiger partial charge < -0.3 is 9.69 Å². The van der Waals surface area contributed by atoms with Gasteiger partial charge in [0.2, 0.25) is 6.41 Å². The summed E-state index contributed by atoms with van der Waals surface area (Å²) in [7, 11) is 3.83. The Bertz CT molecular complexity index is 488. The Morgan fingerprint density at radius 1 is 1.33 bits per heavy atom. The van der Waals surface area contributed by atoms with Crippen molar-refractivity contribution in [3.05, 3.63) is 30.1 Å². The molecule has 0 radical (unpaired) electrons. The van der Waals surface area contributed by atoms with Crippen molar-refractivity contribution in [3.63, 3.8) is 0 Å². The van der Waals surface area contributed by atoms with Gasteiger partial charge in [0.1, 0.15) is 6.29 Å². The molecule has 0 N–H and O–H groups in total. The van der Waals surface area contributed by atoms with E-state index in [1.807, 2.05) is 32.8 Å². The van der Waals surface area contributed by atoms with Gasteiger partial charge in [-0.1, -0.05) is 19.9 Å². The number of likely N-dealkylation sites (tertiary alicyclic amines) is 1. The minimum atomic E-state index is -1.17. The predicted molar refractivity (Wildman–Crippen MR) is 92.3 cm³/mol. The van der Waals surface area contributed by atoms with Crippen LogP contribution in [0.5, 0.6) is 0 Å². The molecule has 1 saturated heterocycles. The molecule has 0 saturated carbocycles. The summed E-state index contributed by atoms with van der Waals surface area (Å²) in [5.41, 5.74) is 0.413. The molecule has 0 aliphatic carbocycles. The summed E-state index contributed by atoms with van der Waals surface area (Å²) < 4.78 is 14.0. The first-order valence-corrected chi connectivity index (χ1v) is 8.30. The Labute approximate surface area is 143 Å². The minimum Gasteiger partial charge on any atom is -0.339 e. The van der Waals surface area contributed by atoms with E-state index in [0.717, 1.165) is 25.5 Å². The third-order valence-electron chi connectivity index (χ3n) is 4.20. The third-order valence-corrected chi connectivity index (χ3v) is 4.20. The van der Waals surface area contributed by atoms with Crippen molar-refractivity contribution in [3.8, 4) is 0 Å². The Morgan fingerprint density at radius 2 is 2.04 bits per heavy atom. The summed E-state index contributed by atoms with van der Waals surface area (Å²) in [5.74, 6) is 0.414. The highest BCUT2D eigenvalue weighted by Gasteiger charge is 2.32. The van der Waals surface area contributed by atoms with E-state index in [0.29, 0.717) is 18.2 Å². The summed E-state index contributed by atoms with van der Waals surface area (Å²) in [5, 5.41) is 0. The van der Waals surface area contributed by atoms with E-state index < -0.39 is 6.17 Å². The van der Waals surface area contributed by atoms with Crippen LogP contribution in [0, 0.1) is 5.92 Å². The van der Waals surface area contributed by atoms with Crippen molar-refractivity contribution in [2.45, 2.75) is 44.9 Å². The fourth-order valence-electron chi connectivity index (χ4n) is 2.87. The molecule has 3 unspecified atom stereocenters. The van der Waals surface area contributed by atoms with Gasteiger partial charge in [-0.3, -0.25) is 14.7 Å². The first-order chi connectivity index (χ1) is 11.4. The molecule has 0 bridgehead atoms. The molecule has 5 nitrogen and oxygen atoms in total. The fourth-order valence-corrected chi connectivity index (χ4v) is 2.87. The second-order valence-electron chi connectivity index (χ2n) is 6.54. The molecule has 1 aromatic heterocycles. The SMILES string of the molecule is CC(C)C(C=O)N(C)C.O=CN1CCCC1C(F)c1ccccn1. The molecule has 2 rings (SSSR count). The van der Waals surface area contributed by atoms with E-state index in [2.05, 4.69) is 4.98 Å². The normalized spacial score (nSPS) is 19.6. The monoisotopic (exact) mass is 337 g/mol. The van der Waals surface area contributed by atoms with Crippen LogP contribution in [0.2, 0.25) is 0 Å². The second-order valence-corrected chi connectivity index (χ2v) is 6.54. The molecule has 0 spiro atoms. The zero-order valence-electron chi connectivity index (χ0n) is 14.9. The smallest absolute Gasteiger partial charge is 0.210 e. The number of aldehydes is 1. The highest BCUT2D eigenvalue weighted by molar-refractivity contribution is 5.57. The number of alkyl halides is 1. The number of aromatic nitrogens is 1. The van der Waals surface area contributed by atoms with Gasteiger partial charge in [0.15, 0.2) is 6.17 Å². The number of nitrogens with zero attached hydrogens (tertiary/aromatic N) is 3. The zero-order chi connectivity index (χ0) is 18.1. The van der Waals surface area contributed by atoms with Crippen molar-refractivity contribution < 1.29 is 14.0 Å². The maximum absolute atomic E-state index is 14.0. The van der Waals surface area contributed by atoms with Gasteiger partial charge in [-0.05, 0) is 45.0 Å². The van der Waals surface area contributed by atoms with Gasteiger partial charge >= 0.3 is 0 Å². The van der Waals surface area contributed by atoms with Crippen molar-refractivity contribution in [2.24, 2.45) is 5.92 Å². The Hall–Kier alpha value is -1.82. The van der Waals surface area contributed by atoms with Crippen LogP contribution < -0.4 is 0 Å². The molecule has 3 atom stereocenters. The van der Waals surface area contributed by atoms with Crippen LogP contribution in [-0.2, 0) is 9.59 Å². The maximum Gasteiger partial charge on any atom is 0.210 e. The van der Waals surface area contributed by atoms with Crippen LogP contribution in [0.25, 0.3) is 0 Å². The Balaban J connectivity index is 0.000000277. The quantitative estimate of drug-likeness (QED) is 0.749. The van der Waals surface area contributed by atoms with Gasteiger partial charge in [0.05, 0.1) is 17.8 Å². The van der Waals surface area contributed by atoms with E-state index in [1.54, 1.807) is 24.4 Å². The van der Waals surface area contributed by atoms with Crippen LogP contribution in [0.15, 0.2) is 24.4 Å². The second kappa shape index (κ2) is 10.1. The number of rotatable bonds is 6. The molecule has 1 aliphatic rings. The fraction of sp³-hybridized carbons (Fsp3) is 0.611. The summed E-state index contributed by atoms with van der Waals surface area (Å²) in [4.78, 5) is 28.5. The average Bonchev–Trinajstić information content (AvgIpc) is 3.04. The van der Waals surface area contributed by atoms with Crippen LogP contribution in [0.3, 0.4) is 0 Å². The molecule has 134 valence electrons. The largest absolute Gasteiger partial charge is 0.339 e. The van der Waals surface area contributed by atoms with Gasteiger partial charge in [0.25, 0.3) is 0 Å². The lowest BCUT2D eigenvalue weighted by atomic mass is 10.1. The molecular weight excluding hydrogens is 309 g/mol. The van der Waals surface area contributed by atoms with Crippen LogP contribution in [-0.4, -0.2) is 60.2 Å². The number of hydrogen-bond acceptors (Lipinski definition) is 4. The first kappa shape index (κ1) is 20.2. The van der Waals surface area contributed by atoms with Crippen LogP contribution in [0.4, 0.5) is 4.39 Å². The molecule has 1 aromatic rings. The molecule has 6 heteroatoms. The van der Waals surface area contributed by atoms with Crippen molar-refractivity contribution in [1.29, 1.82) is 0 Å². The van der Waals surface area contributed by atoms with Gasteiger partial charge in [0, 0.05) is 12.7 Å². The van der Waals surface area contributed by atoms with E-state index in [4.69, 9.17) is 0 Å². The molecule has 2 heterocycles. The number of halogens is 1. The van der Waals surface area contributed by atoms with E-state index in [9.17, 15) is 14.0 Å². The third kappa shape index (κ3) is 5.67. The van der Waals surface area contributed by atoms with Gasteiger partial charge in [-0.15, -0.1) is 0 Å². The first-order valence-electron chi connectivity index (χ1n) is 8.30. The number of pyridine rings is 1. The molecule has 24 heavy (non-hydrogen) atoms. The van der Waals surface area contributed by atoms with E-state index in [-0.39, 0.29) is 12.1 Å². The average molecular weight is 337 g/mol. The van der Waals surface area contributed by atoms with Crippen LogP contribution in [0.1, 0.15) is 38.6 Å². The minimum absolute atomic E-state index is 0.0741. The molecule has 1 amide bonds. The number of carbonyl (C=O) groups is 2. The zero-order valence-corrected chi connectivity index (χ0v) is 14.9. The highest BCUT2D eigenvalue weighted by Crippen LogP contribution is 2.30. The Kier molecular flexibility index (Phi) is 8.54. The molecule has 1 aliphatic heterocycles. The summed E-state index contributed by atoms with van der Waals surface area (Å²) in [6.45, 7) is 4.74. The number of hydrogen-bond donors (Lipinski definition) is 0. The number of amides is 1. The van der Waals surface area contributed by atoms with Gasteiger partial charge in [-0.25, -0.2) is 4.39 Å². The topological polar surface area (TPSA) is 53.5 Å². The predicted octanol–water partition coefficient (Wildman–Crippen LogP) is 2.48.